The summed E-state index contributed by atoms with van der Waals surface area (Å²) in [7, 11) is 1.56. The van der Waals surface area contributed by atoms with E-state index in [2.05, 4.69) is 5.32 Å². The maximum absolute atomic E-state index is 12.3. The van der Waals surface area contributed by atoms with Gasteiger partial charge in [0.2, 0.25) is 0 Å². The summed E-state index contributed by atoms with van der Waals surface area (Å²) in [5, 5.41) is 2.75. The summed E-state index contributed by atoms with van der Waals surface area (Å²) < 4.78 is 10.8. The number of nitrogens with zero attached hydrogens (tertiary/aromatic N) is 1. The molecule has 0 aliphatic rings. The molecular formula is C21H26N2O4. The fraction of sp³-hybridized carbons (Fsp3) is 0.333. The molecule has 0 aliphatic heterocycles. The second kappa shape index (κ2) is 9.62. The van der Waals surface area contributed by atoms with Gasteiger partial charge < -0.3 is 19.7 Å². The van der Waals surface area contributed by atoms with Crippen molar-refractivity contribution in [1.82, 2.24) is 4.90 Å². The van der Waals surface area contributed by atoms with E-state index in [0.29, 0.717) is 35.8 Å². The Bertz CT molecular complexity index is 783. The Balaban J connectivity index is 1.93. The minimum Gasteiger partial charge on any atom is -0.493 e. The largest absolute Gasteiger partial charge is 0.493 e. The van der Waals surface area contributed by atoms with Gasteiger partial charge in [0.25, 0.3) is 11.8 Å². The lowest BCUT2D eigenvalue weighted by Crippen LogP contribution is -2.30. The van der Waals surface area contributed by atoms with E-state index in [1.807, 2.05) is 32.9 Å². The third kappa shape index (κ3) is 5.48. The second-order valence-corrected chi connectivity index (χ2v) is 6.05. The first-order chi connectivity index (χ1) is 13.0. The Morgan fingerprint density at radius 3 is 2.26 bits per heavy atom. The van der Waals surface area contributed by atoms with Gasteiger partial charge in [-0.15, -0.1) is 0 Å². The summed E-state index contributed by atoms with van der Waals surface area (Å²) in [4.78, 5) is 26.2. The molecule has 1 N–H and O–H groups in total. The van der Waals surface area contributed by atoms with Crippen molar-refractivity contribution in [2.45, 2.75) is 20.8 Å². The molecule has 0 atom stereocenters. The lowest BCUT2D eigenvalue weighted by atomic mass is 10.2. The number of carbonyl (C=O) groups is 2. The van der Waals surface area contributed by atoms with Gasteiger partial charge in [-0.2, -0.15) is 0 Å². The number of nitrogens with one attached hydrogen (secondary N) is 1. The summed E-state index contributed by atoms with van der Waals surface area (Å²) in [6, 6.07) is 12.3. The third-order valence-electron chi connectivity index (χ3n) is 4.14. The first-order valence-corrected chi connectivity index (χ1v) is 8.95. The maximum atomic E-state index is 12.3. The van der Waals surface area contributed by atoms with E-state index in [1.165, 1.54) is 0 Å². The molecular weight excluding hydrogens is 344 g/mol. The first kappa shape index (κ1) is 20.3. The van der Waals surface area contributed by atoms with Crippen molar-refractivity contribution in [3.05, 3.63) is 53.6 Å². The van der Waals surface area contributed by atoms with Gasteiger partial charge in [-0.05, 0) is 62.7 Å². The van der Waals surface area contributed by atoms with Gasteiger partial charge in [-0.25, -0.2) is 0 Å². The lowest BCUT2D eigenvalue weighted by molar-refractivity contribution is -0.118. The van der Waals surface area contributed by atoms with Crippen LogP contribution in [0.1, 0.15) is 29.8 Å². The summed E-state index contributed by atoms with van der Waals surface area (Å²) in [5.41, 5.74) is 2.25. The Hall–Kier alpha value is -3.02. The molecule has 6 heteroatoms. The number of methoxy groups -OCH3 is 1. The van der Waals surface area contributed by atoms with Crippen LogP contribution in [0.15, 0.2) is 42.5 Å². The molecule has 2 rings (SSSR count). The number of benzene rings is 2. The van der Waals surface area contributed by atoms with Crippen LogP contribution in [0.25, 0.3) is 0 Å². The third-order valence-corrected chi connectivity index (χ3v) is 4.14. The highest BCUT2D eigenvalue weighted by atomic mass is 16.5. The quantitative estimate of drug-likeness (QED) is 0.772. The number of anilines is 1. The van der Waals surface area contributed by atoms with Crippen LogP contribution in [0.4, 0.5) is 5.69 Å². The molecule has 0 radical (unpaired) electrons. The van der Waals surface area contributed by atoms with Gasteiger partial charge in [-0.3, -0.25) is 9.59 Å². The van der Waals surface area contributed by atoms with Crippen molar-refractivity contribution in [2.24, 2.45) is 0 Å². The molecule has 0 spiro atoms. The zero-order valence-corrected chi connectivity index (χ0v) is 16.2. The average Bonchev–Trinajstić information content (AvgIpc) is 2.68. The molecule has 0 bridgehead atoms. The van der Waals surface area contributed by atoms with Crippen LogP contribution in [0.3, 0.4) is 0 Å². The number of ether oxygens (including phenoxy) is 2. The van der Waals surface area contributed by atoms with Gasteiger partial charge >= 0.3 is 0 Å². The number of rotatable bonds is 8. The Morgan fingerprint density at radius 1 is 1.00 bits per heavy atom. The fourth-order valence-corrected chi connectivity index (χ4v) is 2.62. The van der Waals surface area contributed by atoms with E-state index in [0.717, 1.165) is 5.56 Å². The topological polar surface area (TPSA) is 67.9 Å². The van der Waals surface area contributed by atoms with Crippen LogP contribution >= 0.6 is 0 Å². The molecule has 0 aromatic heterocycles. The van der Waals surface area contributed by atoms with Crippen LogP contribution in [0, 0.1) is 6.92 Å². The predicted octanol–water partition coefficient (Wildman–Crippen LogP) is 3.50. The van der Waals surface area contributed by atoms with Crippen molar-refractivity contribution in [3.8, 4) is 11.5 Å². The molecule has 0 aliphatic carbocycles. The van der Waals surface area contributed by atoms with Crippen molar-refractivity contribution < 1.29 is 19.1 Å². The highest BCUT2D eigenvalue weighted by molar-refractivity contribution is 5.96. The lowest BCUT2D eigenvalue weighted by Gasteiger charge is -2.18. The standard InChI is InChI=1S/C21H26N2O4/c1-5-23(6-2)21(25)16-8-10-17(11-9-16)22-20(24)14-27-18-12-7-15(3)13-19(18)26-4/h7-13H,5-6,14H2,1-4H3,(H,22,24). The van der Waals surface area contributed by atoms with Crippen LogP contribution < -0.4 is 14.8 Å². The smallest absolute Gasteiger partial charge is 0.262 e. The highest BCUT2D eigenvalue weighted by Crippen LogP contribution is 2.27. The Kier molecular flexibility index (Phi) is 7.23. The second-order valence-electron chi connectivity index (χ2n) is 6.05. The summed E-state index contributed by atoms with van der Waals surface area (Å²) in [6.45, 7) is 7.02. The van der Waals surface area contributed by atoms with E-state index >= 15 is 0 Å². The first-order valence-electron chi connectivity index (χ1n) is 8.95. The number of aryl methyl sites for hydroxylation is 1. The van der Waals surface area contributed by atoms with E-state index in [9.17, 15) is 9.59 Å². The molecule has 6 nitrogen and oxygen atoms in total. The Morgan fingerprint density at radius 2 is 1.67 bits per heavy atom. The normalized spacial score (nSPS) is 10.2. The average molecular weight is 370 g/mol. The number of hydrogen-bond donors (Lipinski definition) is 1. The molecule has 144 valence electrons. The number of carbonyl (C=O) groups excluding carboxylic acids is 2. The van der Waals surface area contributed by atoms with Crippen LogP contribution in [-0.4, -0.2) is 43.5 Å². The van der Waals surface area contributed by atoms with E-state index < -0.39 is 0 Å². The molecule has 0 unspecified atom stereocenters. The van der Waals surface area contributed by atoms with Crippen molar-refractivity contribution in [3.63, 3.8) is 0 Å². The van der Waals surface area contributed by atoms with Crippen molar-refractivity contribution in [2.75, 3.05) is 32.1 Å². The van der Waals surface area contributed by atoms with E-state index in [4.69, 9.17) is 9.47 Å². The fourth-order valence-electron chi connectivity index (χ4n) is 2.62. The van der Waals surface area contributed by atoms with Gasteiger partial charge in [0.1, 0.15) is 0 Å². The van der Waals surface area contributed by atoms with Gasteiger partial charge in [0.05, 0.1) is 7.11 Å². The molecule has 0 fully saturated rings. The monoisotopic (exact) mass is 370 g/mol. The molecule has 2 aromatic rings. The van der Waals surface area contributed by atoms with Crippen LogP contribution in [0.5, 0.6) is 11.5 Å². The molecule has 0 heterocycles. The van der Waals surface area contributed by atoms with E-state index in [1.54, 1.807) is 42.3 Å². The van der Waals surface area contributed by atoms with Crippen molar-refractivity contribution >= 4 is 17.5 Å². The van der Waals surface area contributed by atoms with Gasteiger partial charge in [0, 0.05) is 24.3 Å². The molecule has 27 heavy (non-hydrogen) atoms. The van der Waals surface area contributed by atoms with Crippen molar-refractivity contribution in [1.29, 1.82) is 0 Å². The predicted molar refractivity (Wildman–Crippen MR) is 106 cm³/mol. The number of amides is 2. The summed E-state index contributed by atoms with van der Waals surface area (Å²) in [6.07, 6.45) is 0. The molecule has 2 aromatic carbocycles. The molecule has 2 amide bonds. The zero-order valence-electron chi connectivity index (χ0n) is 16.2. The Labute approximate surface area is 160 Å². The minimum absolute atomic E-state index is 0.0207. The molecule has 0 saturated carbocycles. The maximum Gasteiger partial charge on any atom is 0.262 e. The summed E-state index contributed by atoms with van der Waals surface area (Å²) in [5.74, 6) is 0.786. The van der Waals surface area contributed by atoms with Gasteiger partial charge in [0.15, 0.2) is 18.1 Å². The summed E-state index contributed by atoms with van der Waals surface area (Å²) >= 11 is 0. The zero-order chi connectivity index (χ0) is 19.8. The minimum atomic E-state index is -0.291. The van der Waals surface area contributed by atoms with Gasteiger partial charge in [-0.1, -0.05) is 6.07 Å². The van der Waals surface area contributed by atoms with Crippen LogP contribution in [0.2, 0.25) is 0 Å². The highest BCUT2D eigenvalue weighted by Gasteiger charge is 2.13. The number of hydrogen-bond acceptors (Lipinski definition) is 4. The SMILES string of the molecule is CCN(CC)C(=O)c1ccc(NC(=O)COc2ccc(C)cc2OC)cc1. The molecule has 0 saturated heterocycles. The van der Waals surface area contributed by atoms with E-state index in [-0.39, 0.29) is 18.4 Å². The van der Waals surface area contributed by atoms with Crippen LogP contribution in [-0.2, 0) is 4.79 Å².